The van der Waals surface area contributed by atoms with Crippen molar-refractivity contribution in [3.63, 3.8) is 0 Å². The van der Waals surface area contributed by atoms with Crippen molar-refractivity contribution >= 4 is 0 Å². The van der Waals surface area contributed by atoms with Gasteiger partial charge >= 0.3 is 0 Å². The van der Waals surface area contributed by atoms with E-state index in [9.17, 15) is 5.11 Å². The molecule has 0 aliphatic heterocycles. The average molecular weight is 195 g/mol. The van der Waals surface area contributed by atoms with Crippen LogP contribution in [0.15, 0.2) is 12.1 Å². The van der Waals surface area contributed by atoms with Crippen molar-refractivity contribution in [2.75, 3.05) is 7.11 Å². The molecule has 0 bridgehead atoms. The molecule has 3 N–H and O–H groups in total. The van der Waals surface area contributed by atoms with Crippen LogP contribution in [-0.4, -0.2) is 18.3 Å². The number of rotatable bonds is 3. The van der Waals surface area contributed by atoms with Crippen LogP contribution < -0.4 is 10.5 Å². The lowest BCUT2D eigenvalue weighted by atomic mass is 10.0. The van der Waals surface area contributed by atoms with Gasteiger partial charge in [0.2, 0.25) is 0 Å². The van der Waals surface area contributed by atoms with E-state index in [1.807, 2.05) is 19.9 Å². The molecule has 3 nitrogen and oxygen atoms in total. The van der Waals surface area contributed by atoms with Crippen molar-refractivity contribution in [2.45, 2.75) is 26.3 Å². The molecule has 0 spiro atoms. The molecule has 0 radical (unpaired) electrons. The second kappa shape index (κ2) is 4.33. The largest absolute Gasteiger partial charge is 0.504 e. The predicted molar refractivity (Wildman–Crippen MR) is 56.7 cm³/mol. The summed E-state index contributed by atoms with van der Waals surface area (Å²) < 4.78 is 5.06. The Morgan fingerprint density at radius 1 is 1.50 bits per heavy atom. The van der Waals surface area contributed by atoms with Gasteiger partial charge in [0.1, 0.15) is 0 Å². The number of hydrogen-bond donors (Lipinski definition) is 2. The van der Waals surface area contributed by atoms with Gasteiger partial charge in [0.25, 0.3) is 0 Å². The van der Waals surface area contributed by atoms with Gasteiger partial charge in [0, 0.05) is 6.04 Å². The molecule has 14 heavy (non-hydrogen) atoms. The topological polar surface area (TPSA) is 55.5 Å². The molecule has 1 atom stereocenters. The Hall–Kier alpha value is -1.22. The zero-order chi connectivity index (χ0) is 10.7. The standard InChI is InChI=1S/C11H17NO2/c1-7-4-9(6-8(2)12)11(13)10(5-7)14-3/h4-5,8,13H,6,12H2,1-3H3. The van der Waals surface area contributed by atoms with E-state index in [1.54, 1.807) is 13.2 Å². The Kier molecular flexibility index (Phi) is 3.36. The van der Waals surface area contributed by atoms with Gasteiger partial charge in [0.15, 0.2) is 11.5 Å². The number of benzene rings is 1. The van der Waals surface area contributed by atoms with E-state index in [0.717, 1.165) is 11.1 Å². The lowest BCUT2D eigenvalue weighted by Gasteiger charge is -2.12. The van der Waals surface area contributed by atoms with Crippen molar-refractivity contribution in [3.8, 4) is 11.5 Å². The molecule has 0 heterocycles. The monoisotopic (exact) mass is 195 g/mol. The maximum Gasteiger partial charge on any atom is 0.161 e. The summed E-state index contributed by atoms with van der Waals surface area (Å²) in [5.41, 5.74) is 7.59. The fourth-order valence-electron chi connectivity index (χ4n) is 1.48. The Bertz CT molecular complexity index is 321. The third-order valence-electron chi connectivity index (χ3n) is 2.06. The molecule has 1 aromatic carbocycles. The molecule has 0 fully saturated rings. The van der Waals surface area contributed by atoms with Crippen LogP contribution in [0.4, 0.5) is 0 Å². The van der Waals surface area contributed by atoms with Crippen molar-refractivity contribution in [2.24, 2.45) is 5.73 Å². The van der Waals surface area contributed by atoms with E-state index < -0.39 is 0 Å². The fraction of sp³-hybridized carbons (Fsp3) is 0.455. The van der Waals surface area contributed by atoms with Crippen LogP contribution in [0.5, 0.6) is 11.5 Å². The third-order valence-corrected chi connectivity index (χ3v) is 2.06. The number of phenols is 1. The third kappa shape index (κ3) is 2.39. The Balaban J connectivity index is 3.08. The molecule has 1 rings (SSSR count). The van der Waals surface area contributed by atoms with Crippen LogP contribution in [0.1, 0.15) is 18.1 Å². The lowest BCUT2D eigenvalue weighted by Crippen LogP contribution is -2.17. The van der Waals surface area contributed by atoms with Crippen molar-refractivity contribution in [3.05, 3.63) is 23.3 Å². The second-order valence-corrected chi connectivity index (χ2v) is 3.66. The summed E-state index contributed by atoms with van der Waals surface area (Å²) in [4.78, 5) is 0. The highest BCUT2D eigenvalue weighted by Gasteiger charge is 2.10. The maximum absolute atomic E-state index is 9.78. The van der Waals surface area contributed by atoms with Gasteiger partial charge in [0.05, 0.1) is 7.11 Å². The molecule has 0 aliphatic rings. The van der Waals surface area contributed by atoms with Gasteiger partial charge in [-0.25, -0.2) is 0 Å². The van der Waals surface area contributed by atoms with Crippen LogP contribution in [0.2, 0.25) is 0 Å². The lowest BCUT2D eigenvalue weighted by molar-refractivity contribution is 0.369. The zero-order valence-electron chi connectivity index (χ0n) is 8.87. The number of ether oxygens (including phenoxy) is 1. The van der Waals surface area contributed by atoms with E-state index in [-0.39, 0.29) is 11.8 Å². The molecule has 3 heteroatoms. The van der Waals surface area contributed by atoms with Gasteiger partial charge in [-0.3, -0.25) is 0 Å². The first kappa shape index (κ1) is 10.9. The Labute approximate surface area is 84.5 Å². The minimum atomic E-state index is 0.0346. The summed E-state index contributed by atoms with van der Waals surface area (Å²) in [6.45, 7) is 3.88. The molecule has 78 valence electrons. The maximum atomic E-state index is 9.78. The highest BCUT2D eigenvalue weighted by atomic mass is 16.5. The van der Waals surface area contributed by atoms with Gasteiger partial charge < -0.3 is 15.6 Å². The minimum Gasteiger partial charge on any atom is -0.504 e. The Morgan fingerprint density at radius 3 is 2.64 bits per heavy atom. The van der Waals surface area contributed by atoms with Crippen molar-refractivity contribution in [1.29, 1.82) is 0 Å². The quantitative estimate of drug-likeness (QED) is 0.770. The first-order valence-corrected chi connectivity index (χ1v) is 4.66. The van der Waals surface area contributed by atoms with Gasteiger partial charge in [-0.05, 0) is 37.5 Å². The van der Waals surface area contributed by atoms with Gasteiger partial charge in [-0.2, -0.15) is 0 Å². The number of methoxy groups -OCH3 is 1. The summed E-state index contributed by atoms with van der Waals surface area (Å²) in [7, 11) is 1.55. The van der Waals surface area contributed by atoms with E-state index in [4.69, 9.17) is 10.5 Å². The number of nitrogens with two attached hydrogens (primary N) is 1. The SMILES string of the molecule is COc1cc(C)cc(CC(C)N)c1O. The van der Waals surface area contributed by atoms with Gasteiger partial charge in [-0.1, -0.05) is 6.07 Å². The summed E-state index contributed by atoms with van der Waals surface area (Å²) in [5.74, 6) is 0.719. The molecule has 0 aliphatic carbocycles. The van der Waals surface area contributed by atoms with Crippen LogP contribution in [0, 0.1) is 6.92 Å². The summed E-state index contributed by atoms with van der Waals surface area (Å²) >= 11 is 0. The Morgan fingerprint density at radius 2 is 2.14 bits per heavy atom. The average Bonchev–Trinajstić information content (AvgIpc) is 2.09. The molecule has 0 saturated heterocycles. The first-order valence-electron chi connectivity index (χ1n) is 4.66. The summed E-state index contributed by atoms with van der Waals surface area (Å²) in [6.07, 6.45) is 0.657. The smallest absolute Gasteiger partial charge is 0.161 e. The molecule has 0 saturated carbocycles. The first-order chi connectivity index (χ1) is 6.54. The van der Waals surface area contributed by atoms with Crippen LogP contribution in [-0.2, 0) is 6.42 Å². The highest BCUT2D eigenvalue weighted by Crippen LogP contribution is 2.31. The molecular weight excluding hydrogens is 178 g/mol. The van der Waals surface area contributed by atoms with Gasteiger partial charge in [-0.15, -0.1) is 0 Å². The van der Waals surface area contributed by atoms with E-state index >= 15 is 0 Å². The van der Waals surface area contributed by atoms with Crippen molar-refractivity contribution < 1.29 is 9.84 Å². The minimum absolute atomic E-state index is 0.0346. The molecule has 1 unspecified atom stereocenters. The van der Waals surface area contributed by atoms with Crippen LogP contribution in [0.3, 0.4) is 0 Å². The van der Waals surface area contributed by atoms with Crippen LogP contribution >= 0.6 is 0 Å². The number of aryl methyl sites for hydroxylation is 1. The predicted octanol–water partition coefficient (Wildman–Crippen LogP) is 1.60. The molecule has 1 aromatic rings. The number of aromatic hydroxyl groups is 1. The molecular formula is C11H17NO2. The number of phenolic OH excluding ortho intramolecular Hbond substituents is 1. The van der Waals surface area contributed by atoms with Crippen LogP contribution in [0.25, 0.3) is 0 Å². The summed E-state index contributed by atoms with van der Waals surface area (Å²) in [6, 6.07) is 3.77. The second-order valence-electron chi connectivity index (χ2n) is 3.66. The normalized spacial score (nSPS) is 12.6. The van der Waals surface area contributed by atoms with E-state index in [0.29, 0.717) is 12.2 Å². The van der Waals surface area contributed by atoms with Crippen molar-refractivity contribution in [1.82, 2.24) is 0 Å². The fourth-order valence-corrected chi connectivity index (χ4v) is 1.48. The number of hydrogen-bond acceptors (Lipinski definition) is 3. The summed E-state index contributed by atoms with van der Waals surface area (Å²) in [5, 5.41) is 9.78. The van der Waals surface area contributed by atoms with E-state index in [2.05, 4.69) is 0 Å². The molecule has 0 aromatic heterocycles. The molecule has 0 amide bonds. The van der Waals surface area contributed by atoms with E-state index in [1.165, 1.54) is 0 Å². The highest BCUT2D eigenvalue weighted by molar-refractivity contribution is 5.48. The zero-order valence-corrected chi connectivity index (χ0v) is 8.87.